The first-order chi connectivity index (χ1) is 12.8. The summed E-state index contributed by atoms with van der Waals surface area (Å²) < 4.78 is 5.20. The maximum absolute atomic E-state index is 12.4. The van der Waals surface area contributed by atoms with E-state index in [0.717, 1.165) is 4.90 Å². The maximum Gasteiger partial charge on any atom is 0.329 e. The summed E-state index contributed by atoms with van der Waals surface area (Å²) in [6.07, 6.45) is -1.07. The van der Waals surface area contributed by atoms with Gasteiger partial charge in [0.05, 0.1) is 11.1 Å². The lowest BCUT2D eigenvalue weighted by atomic mass is 10.1. The number of rotatable bonds is 5. The van der Waals surface area contributed by atoms with E-state index in [9.17, 15) is 19.2 Å². The third kappa shape index (κ3) is 3.48. The Kier molecular flexibility index (Phi) is 5.10. The summed E-state index contributed by atoms with van der Waals surface area (Å²) in [5, 5.41) is 0.482. The molecule has 0 spiro atoms. The molecule has 0 fully saturated rings. The van der Waals surface area contributed by atoms with E-state index in [1.165, 1.54) is 38.1 Å². The van der Waals surface area contributed by atoms with Gasteiger partial charge in [-0.2, -0.15) is 0 Å². The summed E-state index contributed by atoms with van der Waals surface area (Å²) in [5.74, 6) is -2.36. The van der Waals surface area contributed by atoms with Gasteiger partial charge in [-0.25, -0.2) is 4.79 Å². The Balaban J connectivity index is 1.71. The molecule has 138 valence electrons. The molecule has 1 aliphatic rings. The number of amides is 2. The molecule has 0 aliphatic carbocycles. The van der Waals surface area contributed by atoms with Gasteiger partial charge in [-0.3, -0.25) is 19.3 Å². The Bertz CT molecular complexity index is 903. The molecule has 6 nitrogen and oxygen atoms in total. The van der Waals surface area contributed by atoms with Crippen molar-refractivity contribution >= 4 is 35.2 Å². The minimum atomic E-state index is -1.15. The Hall–Kier alpha value is -2.99. The number of carbonyl (C=O) groups is 4. The van der Waals surface area contributed by atoms with Crippen molar-refractivity contribution in [3.05, 3.63) is 70.2 Å². The van der Waals surface area contributed by atoms with Crippen LogP contribution in [-0.2, 0) is 9.53 Å². The summed E-state index contributed by atoms with van der Waals surface area (Å²) in [6, 6.07) is 11.4. The molecule has 1 heterocycles. The average Bonchev–Trinajstić information content (AvgIpc) is 2.92. The van der Waals surface area contributed by atoms with Crippen molar-refractivity contribution in [2.45, 2.75) is 26.0 Å². The quantitative estimate of drug-likeness (QED) is 0.448. The number of ether oxygens (including phenoxy) is 1. The lowest BCUT2D eigenvalue weighted by molar-refractivity contribution is -0.150. The van der Waals surface area contributed by atoms with Gasteiger partial charge in [-0.1, -0.05) is 23.7 Å². The third-order valence-electron chi connectivity index (χ3n) is 4.34. The summed E-state index contributed by atoms with van der Waals surface area (Å²) in [6.45, 7) is 2.83. The number of ketones is 1. The first-order valence-corrected chi connectivity index (χ1v) is 8.66. The molecule has 0 saturated carbocycles. The highest BCUT2D eigenvalue weighted by Gasteiger charge is 2.41. The highest BCUT2D eigenvalue weighted by Crippen LogP contribution is 2.25. The van der Waals surface area contributed by atoms with Gasteiger partial charge in [-0.15, -0.1) is 0 Å². The van der Waals surface area contributed by atoms with Crippen LogP contribution in [0.25, 0.3) is 0 Å². The Morgan fingerprint density at radius 2 is 1.44 bits per heavy atom. The van der Waals surface area contributed by atoms with Gasteiger partial charge in [0.25, 0.3) is 11.8 Å². The van der Waals surface area contributed by atoms with E-state index in [-0.39, 0.29) is 11.1 Å². The number of benzene rings is 2. The fourth-order valence-electron chi connectivity index (χ4n) is 2.84. The topological polar surface area (TPSA) is 80.8 Å². The zero-order valence-corrected chi connectivity index (χ0v) is 15.4. The van der Waals surface area contributed by atoms with Gasteiger partial charge in [0, 0.05) is 10.6 Å². The van der Waals surface area contributed by atoms with Crippen LogP contribution in [0.15, 0.2) is 48.5 Å². The summed E-state index contributed by atoms with van der Waals surface area (Å²) >= 11 is 5.79. The SMILES string of the molecule is C[C@H](C(=O)O[C@H](C)C(=O)c1ccc(Cl)cc1)N1C(=O)c2ccccc2C1=O. The molecule has 2 aromatic rings. The molecule has 0 bridgehead atoms. The van der Waals surface area contributed by atoms with Gasteiger partial charge < -0.3 is 4.74 Å². The molecule has 0 aromatic heterocycles. The molecule has 1 aliphatic heterocycles. The molecule has 2 atom stereocenters. The lowest BCUT2D eigenvalue weighted by Gasteiger charge is -2.22. The first kappa shape index (κ1) is 18.8. The van der Waals surface area contributed by atoms with Crippen LogP contribution in [0.4, 0.5) is 0 Å². The summed E-state index contributed by atoms with van der Waals surface area (Å²) in [4.78, 5) is 50.5. The second-order valence-corrected chi connectivity index (χ2v) is 6.59. The van der Waals surface area contributed by atoms with E-state index in [2.05, 4.69) is 0 Å². The Morgan fingerprint density at radius 3 is 1.96 bits per heavy atom. The largest absolute Gasteiger partial charge is 0.453 e. The number of halogens is 1. The van der Waals surface area contributed by atoms with E-state index in [1.54, 1.807) is 24.3 Å². The number of nitrogens with zero attached hydrogens (tertiary/aromatic N) is 1. The van der Waals surface area contributed by atoms with Crippen LogP contribution in [0, 0.1) is 0 Å². The maximum atomic E-state index is 12.4. The molecule has 27 heavy (non-hydrogen) atoms. The van der Waals surface area contributed by atoms with Gasteiger partial charge in [0.2, 0.25) is 5.78 Å². The van der Waals surface area contributed by atoms with Crippen LogP contribution in [0.5, 0.6) is 0 Å². The molecule has 0 unspecified atom stereocenters. The Labute approximate surface area is 160 Å². The van der Waals surface area contributed by atoms with Crippen molar-refractivity contribution < 1.29 is 23.9 Å². The molecular formula is C20H16ClNO5. The summed E-state index contributed by atoms with van der Waals surface area (Å²) in [5.41, 5.74) is 0.827. The van der Waals surface area contributed by atoms with Crippen molar-refractivity contribution in [2.24, 2.45) is 0 Å². The number of Topliss-reactive ketones (excluding diaryl/α,β-unsaturated/α-hetero) is 1. The van der Waals surface area contributed by atoms with E-state index >= 15 is 0 Å². The standard InChI is InChI=1S/C20H16ClNO5/c1-11(22-18(24)15-5-3-4-6-16(15)19(22)25)20(26)27-12(2)17(23)13-7-9-14(21)10-8-13/h3-12H,1-2H3/t11-,12-/m1/s1. The molecule has 0 N–H and O–H groups in total. The first-order valence-electron chi connectivity index (χ1n) is 8.28. The monoisotopic (exact) mass is 385 g/mol. The van der Waals surface area contributed by atoms with E-state index in [1.807, 2.05) is 0 Å². The second kappa shape index (κ2) is 7.32. The molecular weight excluding hydrogens is 370 g/mol. The number of hydrogen-bond donors (Lipinski definition) is 0. The van der Waals surface area contributed by atoms with Crippen molar-refractivity contribution in [3.8, 4) is 0 Å². The van der Waals surface area contributed by atoms with Gasteiger partial charge in [-0.05, 0) is 50.2 Å². The lowest BCUT2D eigenvalue weighted by Crippen LogP contribution is -2.45. The van der Waals surface area contributed by atoms with Gasteiger partial charge >= 0.3 is 5.97 Å². The minimum absolute atomic E-state index is 0.243. The number of carbonyl (C=O) groups excluding carboxylic acids is 4. The van der Waals surface area contributed by atoms with Crippen LogP contribution >= 0.6 is 11.6 Å². The number of imide groups is 1. The minimum Gasteiger partial charge on any atom is -0.453 e. The van der Waals surface area contributed by atoms with Crippen molar-refractivity contribution in [2.75, 3.05) is 0 Å². The molecule has 0 radical (unpaired) electrons. The average molecular weight is 386 g/mol. The summed E-state index contributed by atoms with van der Waals surface area (Å²) in [7, 11) is 0. The fraction of sp³-hybridized carbons (Fsp3) is 0.200. The van der Waals surface area contributed by atoms with Crippen molar-refractivity contribution in [3.63, 3.8) is 0 Å². The van der Waals surface area contributed by atoms with Crippen molar-refractivity contribution in [1.29, 1.82) is 0 Å². The van der Waals surface area contributed by atoms with Crippen LogP contribution in [0.1, 0.15) is 44.9 Å². The number of hydrogen-bond acceptors (Lipinski definition) is 5. The molecule has 7 heteroatoms. The smallest absolute Gasteiger partial charge is 0.329 e. The van der Waals surface area contributed by atoms with Crippen LogP contribution in [-0.4, -0.2) is 40.6 Å². The molecule has 2 aromatic carbocycles. The van der Waals surface area contributed by atoms with Crippen LogP contribution < -0.4 is 0 Å². The highest BCUT2D eigenvalue weighted by atomic mass is 35.5. The second-order valence-electron chi connectivity index (χ2n) is 6.15. The van der Waals surface area contributed by atoms with E-state index in [0.29, 0.717) is 10.6 Å². The highest BCUT2D eigenvalue weighted by molar-refractivity contribution is 6.30. The van der Waals surface area contributed by atoms with Gasteiger partial charge in [0.15, 0.2) is 6.10 Å². The molecule has 0 saturated heterocycles. The van der Waals surface area contributed by atoms with E-state index < -0.39 is 35.7 Å². The number of esters is 1. The zero-order valence-electron chi connectivity index (χ0n) is 14.6. The predicted molar refractivity (Wildman–Crippen MR) is 97.7 cm³/mol. The van der Waals surface area contributed by atoms with E-state index in [4.69, 9.17) is 16.3 Å². The third-order valence-corrected chi connectivity index (χ3v) is 4.60. The fourth-order valence-corrected chi connectivity index (χ4v) is 2.97. The van der Waals surface area contributed by atoms with Crippen LogP contribution in [0.2, 0.25) is 5.02 Å². The molecule has 2 amide bonds. The molecule has 3 rings (SSSR count). The van der Waals surface area contributed by atoms with Gasteiger partial charge in [0.1, 0.15) is 6.04 Å². The van der Waals surface area contributed by atoms with Crippen LogP contribution in [0.3, 0.4) is 0 Å². The zero-order chi connectivity index (χ0) is 19.7. The Morgan fingerprint density at radius 1 is 0.926 bits per heavy atom. The normalized spacial score (nSPS) is 15.3. The van der Waals surface area contributed by atoms with Crippen molar-refractivity contribution in [1.82, 2.24) is 4.90 Å². The predicted octanol–water partition coefficient (Wildman–Crippen LogP) is 3.14. The number of fused-ring (bicyclic) bond motifs is 1.